The average molecular weight is 704 g/mol. The van der Waals surface area contributed by atoms with Gasteiger partial charge in [-0.25, -0.2) is 0 Å². The first-order chi connectivity index (χ1) is 27.0. The van der Waals surface area contributed by atoms with Gasteiger partial charge < -0.3 is 4.90 Å². The van der Waals surface area contributed by atoms with Gasteiger partial charge in [0.25, 0.3) is 0 Å². The van der Waals surface area contributed by atoms with Crippen molar-refractivity contribution in [3.8, 4) is 44.5 Å². The number of anilines is 2. The molecule has 0 unspecified atom stereocenters. The third-order valence-corrected chi connectivity index (χ3v) is 12.9. The van der Waals surface area contributed by atoms with Crippen LogP contribution in [0.15, 0.2) is 188 Å². The Morgan fingerprint density at radius 1 is 0.382 bits per heavy atom. The molecule has 0 N–H and O–H groups in total. The highest BCUT2D eigenvalue weighted by atomic mass is 15.1. The fraction of sp³-hybridized carbons (Fsp3) is 0.111. The van der Waals surface area contributed by atoms with E-state index in [2.05, 4.69) is 207 Å². The van der Waals surface area contributed by atoms with E-state index in [1.54, 1.807) is 0 Å². The molecule has 0 atom stereocenters. The van der Waals surface area contributed by atoms with E-state index in [9.17, 15) is 0 Å². The lowest BCUT2D eigenvalue weighted by Crippen LogP contribution is -2.28. The Balaban J connectivity index is 1.06. The molecule has 3 aliphatic carbocycles. The summed E-state index contributed by atoms with van der Waals surface area (Å²) in [6.45, 7) is 5.59. The topological polar surface area (TPSA) is 3.24 Å². The second-order valence-corrected chi connectivity index (χ2v) is 15.9. The molecule has 0 aromatic heterocycles. The van der Waals surface area contributed by atoms with Gasteiger partial charge in [-0.2, -0.15) is 0 Å². The van der Waals surface area contributed by atoms with Gasteiger partial charge in [-0.15, -0.1) is 0 Å². The molecule has 262 valence electrons. The largest absolute Gasteiger partial charge is 0.341 e. The smallest absolute Gasteiger partial charge is 0.0728 e. The summed E-state index contributed by atoms with van der Waals surface area (Å²) in [4.78, 5) is 2.55. The Morgan fingerprint density at radius 2 is 0.855 bits per heavy atom. The fourth-order valence-electron chi connectivity index (χ4n) is 10.4. The maximum Gasteiger partial charge on any atom is 0.0728 e. The summed E-state index contributed by atoms with van der Waals surface area (Å²) >= 11 is 0. The molecule has 8 aromatic rings. The second kappa shape index (κ2) is 12.0. The molecule has 3 aliphatic rings. The zero-order chi connectivity index (χ0) is 36.7. The molecular weight excluding hydrogens is 663 g/mol. The summed E-state index contributed by atoms with van der Waals surface area (Å²) in [6, 6.07) is 70.4. The van der Waals surface area contributed by atoms with Gasteiger partial charge in [0.1, 0.15) is 0 Å². The molecule has 1 nitrogen and oxygen atoms in total. The van der Waals surface area contributed by atoms with Gasteiger partial charge in [-0.05, 0) is 114 Å². The van der Waals surface area contributed by atoms with Crippen LogP contribution in [0.4, 0.5) is 11.4 Å². The molecule has 0 radical (unpaired) electrons. The van der Waals surface area contributed by atoms with Crippen LogP contribution in [-0.2, 0) is 17.3 Å². The summed E-state index contributed by atoms with van der Waals surface area (Å²) in [5.74, 6) is 0. The van der Waals surface area contributed by atoms with Gasteiger partial charge in [0.2, 0.25) is 0 Å². The lowest BCUT2D eigenvalue weighted by atomic mass is 9.69. The highest BCUT2D eigenvalue weighted by Crippen LogP contribution is 2.63. The number of hydrogen-bond donors (Lipinski definition) is 0. The molecule has 0 heterocycles. The summed E-state index contributed by atoms with van der Waals surface area (Å²) in [7, 11) is 0. The summed E-state index contributed by atoms with van der Waals surface area (Å²) in [5, 5.41) is 0. The van der Waals surface area contributed by atoms with Gasteiger partial charge in [-0.1, -0.05) is 178 Å². The van der Waals surface area contributed by atoms with E-state index in [-0.39, 0.29) is 10.8 Å². The Labute approximate surface area is 324 Å². The Bertz CT molecular complexity index is 2720. The zero-order valence-corrected chi connectivity index (χ0v) is 31.3. The van der Waals surface area contributed by atoms with Crippen LogP contribution < -0.4 is 4.90 Å². The molecule has 11 rings (SSSR count). The van der Waals surface area contributed by atoms with Gasteiger partial charge in [0.05, 0.1) is 5.41 Å². The molecule has 1 heteroatoms. The van der Waals surface area contributed by atoms with Crippen molar-refractivity contribution >= 4 is 11.4 Å². The molecule has 55 heavy (non-hydrogen) atoms. The maximum atomic E-state index is 2.55. The van der Waals surface area contributed by atoms with Crippen molar-refractivity contribution in [2.75, 3.05) is 11.4 Å². The van der Waals surface area contributed by atoms with Crippen LogP contribution in [0.3, 0.4) is 0 Å². The second-order valence-electron chi connectivity index (χ2n) is 15.9. The van der Waals surface area contributed by atoms with E-state index >= 15 is 0 Å². The number of rotatable bonds is 6. The molecule has 0 fully saturated rings. The Hall–Kier alpha value is -6.44. The lowest BCUT2D eigenvalue weighted by Gasteiger charge is -2.33. The molecule has 0 bridgehead atoms. The van der Waals surface area contributed by atoms with Crippen molar-refractivity contribution in [1.29, 1.82) is 0 Å². The number of nitrogens with zero attached hydrogens (tertiary/aromatic N) is 1. The average Bonchev–Trinajstić information content (AvgIpc) is 3.80. The monoisotopic (exact) mass is 703 g/mol. The minimum absolute atomic E-state index is 0.0769. The first-order valence-electron chi connectivity index (χ1n) is 19.6. The van der Waals surface area contributed by atoms with Crippen LogP contribution in [0.2, 0.25) is 0 Å². The normalized spacial score (nSPS) is 14.4. The van der Waals surface area contributed by atoms with Crippen LogP contribution in [-0.4, -0.2) is 6.54 Å². The van der Waals surface area contributed by atoms with Crippen LogP contribution in [0.5, 0.6) is 0 Å². The Morgan fingerprint density at radius 3 is 1.49 bits per heavy atom. The highest BCUT2D eigenvalue weighted by Gasteiger charge is 2.52. The predicted molar refractivity (Wildman–Crippen MR) is 229 cm³/mol. The first kappa shape index (κ1) is 32.0. The Kier molecular flexibility index (Phi) is 7.01. The van der Waals surface area contributed by atoms with E-state index < -0.39 is 0 Å². The molecule has 0 saturated carbocycles. The third kappa shape index (κ3) is 4.53. The summed E-state index contributed by atoms with van der Waals surface area (Å²) < 4.78 is 0. The van der Waals surface area contributed by atoms with Crippen LogP contribution >= 0.6 is 0 Å². The van der Waals surface area contributed by atoms with Crippen LogP contribution in [0.1, 0.15) is 52.8 Å². The van der Waals surface area contributed by atoms with Crippen molar-refractivity contribution < 1.29 is 0 Å². The van der Waals surface area contributed by atoms with Crippen LogP contribution in [0, 0.1) is 0 Å². The predicted octanol–water partition coefficient (Wildman–Crippen LogP) is 13.4. The lowest BCUT2D eigenvalue weighted by molar-refractivity contribution is 0.660. The van der Waals surface area contributed by atoms with Crippen molar-refractivity contribution in [2.24, 2.45) is 0 Å². The fourth-order valence-corrected chi connectivity index (χ4v) is 10.4. The number of hydrogen-bond acceptors (Lipinski definition) is 1. The quantitative estimate of drug-likeness (QED) is 0.167. The molecule has 1 spiro atoms. The standard InChI is InChI=1S/C54H41N/c1-53(2)47-23-10-6-18-41(47)45-32-31-40(35-51(45)53)55(39-29-27-37(28-30-39)36-15-4-3-5-16-36)34-33-38-17-14-22-46-44-21-9-13-26-50(44)54(52(38)46)48-24-11-7-19-42(48)43-20-8-12-25-49(43)54/h3-32,35H,33-34H2,1-2H3. The van der Waals surface area contributed by atoms with E-state index in [0.29, 0.717) is 0 Å². The van der Waals surface area contributed by atoms with Gasteiger partial charge in [0, 0.05) is 23.3 Å². The van der Waals surface area contributed by atoms with Crippen molar-refractivity contribution in [3.05, 3.63) is 227 Å². The van der Waals surface area contributed by atoms with E-state index in [1.807, 2.05) is 0 Å². The van der Waals surface area contributed by atoms with E-state index in [1.165, 1.54) is 94.8 Å². The third-order valence-electron chi connectivity index (χ3n) is 12.9. The number of benzene rings is 8. The summed E-state index contributed by atoms with van der Waals surface area (Å²) in [5.41, 5.74) is 22.4. The zero-order valence-electron chi connectivity index (χ0n) is 31.3. The highest BCUT2D eigenvalue weighted by molar-refractivity contribution is 5.95. The summed E-state index contributed by atoms with van der Waals surface area (Å²) in [6.07, 6.45) is 0.893. The van der Waals surface area contributed by atoms with Crippen molar-refractivity contribution in [3.63, 3.8) is 0 Å². The van der Waals surface area contributed by atoms with E-state index in [0.717, 1.165) is 13.0 Å². The SMILES string of the molecule is CC1(C)c2ccccc2-c2ccc(N(CCc3cccc4c3C3(c5ccccc5-c5ccccc53)c3ccccc3-4)c3ccc(-c4ccccc4)cc3)cc21. The molecular formula is C54H41N. The minimum Gasteiger partial charge on any atom is -0.341 e. The molecule has 0 aliphatic heterocycles. The minimum atomic E-state index is -0.360. The molecule has 0 amide bonds. The van der Waals surface area contributed by atoms with Crippen molar-refractivity contribution in [2.45, 2.75) is 31.1 Å². The number of fused-ring (bicyclic) bond motifs is 13. The first-order valence-corrected chi connectivity index (χ1v) is 19.6. The maximum absolute atomic E-state index is 2.55. The van der Waals surface area contributed by atoms with Gasteiger partial charge in [-0.3, -0.25) is 0 Å². The van der Waals surface area contributed by atoms with E-state index in [4.69, 9.17) is 0 Å². The van der Waals surface area contributed by atoms with Gasteiger partial charge >= 0.3 is 0 Å². The van der Waals surface area contributed by atoms with Crippen LogP contribution in [0.25, 0.3) is 44.5 Å². The molecule has 8 aromatic carbocycles. The van der Waals surface area contributed by atoms with Gasteiger partial charge in [0.15, 0.2) is 0 Å². The molecule has 0 saturated heterocycles. The van der Waals surface area contributed by atoms with Crippen molar-refractivity contribution in [1.82, 2.24) is 0 Å².